The normalized spacial score (nSPS) is 17.4. The third-order valence-electron chi connectivity index (χ3n) is 12.4. The van der Waals surface area contributed by atoms with Gasteiger partial charge in [-0.2, -0.15) is 0 Å². The van der Waals surface area contributed by atoms with Gasteiger partial charge in [0.15, 0.2) is 0 Å². The minimum absolute atomic E-state index is 0.00816. The van der Waals surface area contributed by atoms with Gasteiger partial charge in [-0.05, 0) is 150 Å². The van der Waals surface area contributed by atoms with Crippen LogP contribution in [0.1, 0.15) is 48.3 Å². The Balaban J connectivity index is 1.28. The Labute approximate surface area is 367 Å². The maximum Gasteiger partial charge on any atom is 0.0630 e. The summed E-state index contributed by atoms with van der Waals surface area (Å²) in [6.45, 7) is 4.28. The van der Waals surface area contributed by atoms with E-state index in [1.165, 1.54) is 6.07 Å². The molecule has 12 aromatic rings. The molecule has 0 heteroatoms. The molecule has 1 aliphatic rings. The number of hydrogen-bond acceptors (Lipinski definition) is 0. The summed E-state index contributed by atoms with van der Waals surface area (Å²) >= 11 is 0. The van der Waals surface area contributed by atoms with Gasteiger partial charge in [-0.25, -0.2) is 0 Å². The number of fused-ring (bicyclic) bond motifs is 3. The molecule has 0 amide bonds. The molecular weight excluding hydrogens is 709 g/mol. The average molecular weight is 764 g/mol. The summed E-state index contributed by atoms with van der Waals surface area (Å²) in [5.41, 5.74) is 6.54. The highest BCUT2D eigenvalue weighted by atomic mass is 14.4. The first kappa shape index (κ1) is 20.4. The number of rotatable bonds is 4. The van der Waals surface area contributed by atoms with Gasteiger partial charge in [0, 0.05) is 5.41 Å². The van der Waals surface area contributed by atoms with E-state index in [9.17, 15) is 12.3 Å². The van der Waals surface area contributed by atoms with Crippen molar-refractivity contribution >= 4 is 64.6 Å². The van der Waals surface area contributed by atoms with Crippen LogP contribution in [0.5, 0.6) is 0 Å². The largest absolute Gasteiger partial charge is 0.0630 e. The van der Waals surface area contributed by atoms with Gasteiger partial charge < -0.3 is 0 Å². The first-order chi connectivity index (χ1) is 36.1. The summed E-state index contributed by atoms with van der Waals surface area (Å²) in [6, 6.07) is 20.2. The molecule has 0 heterocycles. The third kappa shape index (κ3) is 4.55. The standard InChI is InChI=1S/C59H38/c1-59(2)52-17-7-6-16-46(52)47-29-26-42(34-53(47)59)50-32-43(44-27-22-40-20-18-36-12-8-14-38-24-30-48(44)57(40)54(36)38)33-51(56(50)35-10-4-3-5-11-35)45-28-23-41-21-19-37-13-9-15-39-25-31-49(45)58(41)55(37)39/h3-34H,1-2H3/i8D,9D,12D,13D,14D,15D,18D,19D,20D,21D,22D,23D,24D,25D,27D,28D,30D. The molecular formula is C59H38. The molecule has 1 aliphatic carbocycles. The Morgan fingerprint density at radius 2 is 0.898 bits per heavy atom. The second-order valence-electron chi connectivity index (χ2n) is 15.8. The molecule has 0 bridgehead atoms. The minimum Gasteiger partial charge on any atom is -0.0622 e. The molecule has 0 N–H and O–H groups in total. The Morgan fingerprint density at radius 1 is 0.339 bits per heavy atom. The Bertz CT molecular complexity index is 4650. The fraction of sp³-hybridized carbons (Fsp3) is 0.0508. The van der Waals surface area contributed by atoms with Crippen molar-refractivity contribution in [1.29, 1.82) is 0 Å². The fourth-order valence-electron chi connectivity index (χ4n) is 9.63. The molecule has 59 heavy (non-hydrogen) atoms. The van der Waals surface area contributed by atoms with Gasteiger partial charge in [-0.15, -0.1) is 0 Å². The van der Waals surface area contributed by atoms with Crippen molar-refractivity contribution in [2.24, 2.45) is 0 Å². The Morgan fingerprint density at radius 3 is 1.63 bits per heavy atom. The van der Waals surface area contributed by atoms with Crippen molar-refractivity contribution in [2.75, 3.05) is 0 Å². The molecule has 0 aromatic heterocycles. The molecule has 12 aromatic carbocycles. The lowest BCUT2D eigenvalue weighted by Crippen LogP contribution is -2.14. The van der Waals surface area contributed by atoms with Crippen molar-refractivity contribution in [3.8, 4) is 55.6 Å². The van der Waals surface area contributed by atoms with E-state index >= 15 is 0 Å². The van der Waals surface area contributed by atoms with E-state index in [4.69, 9.17) is 11.0 Å². The average Bonchev–Trinajstić information content (AvgIpc) is 3.78. The van der Waals surface area contributed by atoms with Crippen LogP contribution in [0.2, 0.25) is 0 Å². The lowest BCUT2D eigenvalue weighted by molar-refractivity contribution is 0.660. The predicted octanol–water partition coefficient (Wildman–Crippen LogP) is 16.5. The van der Waals surface area contributed by atoms with E-state index in [0.717, 1.165) is 22.3 Å². The van der Waals surface area contributed by atoms with E-state index in [1.807, 2.05) is 54.6 Å². The van der Waals surface area contributed by atoms with E-state index in [1.54, 1.807) is 12.1 Å². The minimum atomic E-state index is -0.593. The zero-order valence-corrected chi connectivity index (χ0v) is 31.7. The molecule has 274 valence electrons. The van der Waals surface area contributed by atoms with Gasteiger partial charge in [-0.3, -0.25) is 0 Å². The summed E-state index contributed by atoms with van der Waals surface area (Å²) < 4.78 is 158. The van der Waals surface area contributed by atoms with Gasteiger partial charge in [0.1, 0.15) is 0 Å². The molecule has 0 nitrogen and oxygen atoms in total. The van der Waals surface area contributed by atoms with Crippen LogP contribution in [0.3, 0.4) is 0 Å². The second kappa shape index (κ2) is 11.9. The summed E-state index contributed by atoms with van der Waals surface area (Å²) in [5.74, 6) is 0. The van der Waals surface area contributed by atoms with Crippen LogP contribution in [0.25, 0.3) is 120 Å². The van der Waals surface area contributed by atoms with Gasteiger partial charge in [0.25, 0.3) is 0 Å². The zero-order valence-electron chi connectivity index (χ0n) is 48.7. The zero-order chi connectivity index (χ0) is 53.8. The molecule has 0 fully saturated rings. The number of hydrogen-bond donors (Lipinski definition) is 0. The van der Waals surface area contributed by atoms with Crippen LogP contribution in [0, 0.1) is 0 Å². The van der Waals surface area contributed by atoms with Crippen LogP contribution in [0.15, 0.2) is 194 Å². The highest BCUT2D eigenvalue weighted by molar-refractivity contribution is 6.27. The highest BCUT2D eigenvalue weighted by Crippen LogP contribution is 2.52. The molecule has 0 saturated carbocycles. The van der Waals surface area contributed by atoms with Crippen LogP contribution in [-0.4, -0.2) is 0 Å². The molecule has 0 saturated heterocycles. The van der Waals surface area contributed by atoms with Crippen LogP contribution in [-0.2, 0) is 5.41 Å². The van der Waals surface area contributed by atoms with Crippen molar-refractivity contribution in [1.82, 2.24) is 0 Å². The lowest BCUT2D eigenvalue weighted by atomic mass is 9.79. The molecule has 0 spiro atoms. The van der Waals surface area contributed by atoms with E-state index in [0.29, 0.717) is 22.3 Å². The van der Waals surface area contributed by atoms with Crippen LogP contribution in [0.4, 0.5) is 0 Å². The maximum absolute atomic E-state index is 10.1. The third-order valence-corrected chi connectivity index (χ3v) is 12.4. The van der Waals surface area contributed by atoms with E-state index in [2.05, 4.69) is 32.0 Å². The van der Waals surface area contributed by atoms with Crippen molar-refractivity contribution < 1.29 is 23.3 Å². The predicted molar refractivity (Wildman–Crippen MR) is 253 cm³/mol. The summed E-state index contributed by atoms with van der Waals surface area (Å²) in [4.78, 5) is 0. The first-order valence-corrected chi connectivity index (χ1v) is 19.5. The van der Waals surface area contributed by atoms with Crippen molar-refractivity contribution in [3.63, 3.8) is 0 Å². The van der Waals surface area contributed by atoms with E-state index in [-0.39, 0.29) is 92.9 Å². The highest BCUT2D eigenvalue weighted by Gasteiger charge is 2.35. The fourth-order valence-corrected chi connectivity index (χ4v) is 9.63. The SMILES string of the molecule is [2H]c1c(-c2cc(-c3c([2H])c([2H])c4c([2H])c([2H])c5c([2H])c([2H])c([2H])c6c([2H])c([2H])c3c4c56)cc(-c3ccc4c(c3)C(C)(C)c3ccccc3-4)c2-c2ccccc2)c2cc([2H])c3c([2H])c([2H])c([2H])c4c([2H])c([2H])c(c1[2H])c2c34. The molecule has 0 unspecified atom stereocenters. The Hall–Kier alpha value is -7.28. The molecule has 0 radical (unpaired) electrons. The topological polar surface area (TPSA) is 0 Å². The summed E-state index contributed by atoms with van der Waals surface area (Å²) in [7, 11) is 0. The second-order valence-corrected chi connectivity index (χ2v) is 15.8. The first-order valence-electron chi connectivity index (χ1n) is 28.0. The van der Waals surface area contributed by atoms with Crippen molar-refractivity contribution in [2.45, 2.75) is 19.3 Å². The maximum atomic E-state index is 10.1. The van der Waals surface area contributed by atoms with E-state index < -0.39 is 102 Å². The van der Waals surface area contributed by atoms with Gasteiger partial charge in [0.05, 0.1) is 23.3 Å². The van der Waals surface area contributed by atoms with Crippen LogP contribution < -0.4 is 0 Å². The molecule has 0 atom stereocenters. The van der Waals surface area contributed by atoms with Crippen LogP contribution >= 0.6 is 0 Å². The quantitative estimate of drug-likeness (QED) is 0.157. The molecule has 13 rings (SSSR count). The molecule has 0 aliphatic heterocycles. The number of benzene rings is 12. The summed E-state index contributed by atoms with van der Waals surface area (Å²) in [5, 5.41) is -0.608. The smallest absolute Gasteiger partial charge is 0.0622 e. The Kier molecular flexibility index (Phi) is 4.11. The monoisotopic (exact) mass is 763 g/mol. The lowest BCUT2D eigenvalue weighted by Gasteiger charge is -2.24. The van der Waals surface area contributed by atoms with Gasteiger partial charge in [0.2, 0.25) is 0 Å². The van der Waals surface area contributed by atoms with Gasteiger partial charge in [-0.1, -0.05) is 189 Å². The summed E-state index contributed by atoms with van der Waals surface area (Å²) in [6.07, 6.45) is 0. The van der Waals surface area contributed by atoms with Crippen molar-refractivity contribution in [3.05, 3.63) is 205 Å². The van der Waals surface area contributed by atoms with Gasteiger partial charge >= 0.3 is 0 Å².